The minimum atomic E-state index is -3.56. The summed E-state index contributed by atoms with van der Waals surface area (Å²) in [5, 5.41) is 9.66. The van der Waals surface area contributed by atoms with Crippen LogP contribution in [0.1, 0.15) is 17.5 Å². The Balaban J connectivity index is 1.45. The number of amides is 1. The Morgan fingerprint density at radius 3 is 2.38 bits per heavy atom. The van der Waals surface area contributed by atoms with Gasteiger partial charge in [0.15, 0.2) is 0 Å². The number of para-hydroxylation sites is 1. The van der Waals surface area contributed by atoms with Gasteiger partial charge >= 0.3 is 0 Å². The van der Waals surface area contributed by atoms with Crippen molar-refractivity contribution in [3.05, 3.63) is 71.4 Å². The highest BCUT2D eigenvalue weighted by molar-refractivity contribution is 7.89. The molecule has 1 saturated heterocycles. The molecular formula is C24H26N4O3S. The van der Waals surface area contributed by atoms with Crippen molar-refractivity contribution < 1.29 is 13.2 Å². The van der Waals surface area contributed by atoms with Crippen molar-refractivity contribution in [3.8, 4) is 6.07 Å². The largest absolute Gasteiger partial charge is 0.373 e. The highest BCUT2D eigenvalue weighted by Crippen LogP contribution is 2.28. The van der Waals surface area contributed by atoms with Gasteiger partial charge in [-0.05, 0) is 43.5 Å². The molecule has 2 aliphatic rings. The first-order valence-electron chi connectivity index (χ1n) is 10.7. The Hall–Kier alpha value is -3.15. The van der Waals surface area contributed by atoms with Crippen LogP contribution in [0.4, 0.5) is 5.69 Å². The van der Waals surface area contributed by atoms with Crippen LogP contribution in [0.25, 0.3) is 0 Å². The molecule has 0 spiro atoms. The molecule has 166 valence electrons. The molecule has 2 aliphatic heterocycles. The first-order chi connectivity index (χ1) is 15.4. The van der Waals surface area contributed by atoms with Crippen molar-refractivity contribution in [2.24, 2.45) is 0 Å². The van der Waals surface area contributed by atoms with E-state index in [0.717, 1.165) is 29.7 Å². The predicted octanol–water partition coefficient (Wildman–Crippen LogP) is 2.69. The third kappa shape index (κ3) is 4.40. The van der Waals surface area contributed by atoms with Crippen molar-refractivity contribution in [1.29, 1.82) is 5.26 Å². The minimum absolute atomic E-state index is 0.0662. The van der Waals surface area contributed by atoms with E-state index in [4.69, 9.17) is 0 Å². The first kappa shape index (κ1) is 22.1. The van der Waals surface area contributed by atoms with E-state index in [0.29, 0.717) is 32.7 Å². The van der Waals surface area contributed by atoms with Crippen LogP contribution in [-0.2, 0) is 21.2 Å². The zero-order valence-electron chi connectivity index (χ0n) is 18.1. The lowest BCUT2D eigenvalue weighted by Crippen LogP contribution is -2.47. The average molecular weight is 451 g/mol. The summed E-state index contributed by atoms with van der Waals surface area (Å²) in [5.74, 6) is -0.311. The van der Waals surface area contributed by atoms with E-state index in [1.807, 2.05) is 42.2 Å². The third-order valence-electron chi connectivity index (χ3n) is 5.95. The SMILES string of the molecule is Cc1ccc(S(=O)(=O)N2CCN(/C=C(/C#N)C(=O)N3CCCc4ccccc43)CC2)cc1. The number of nitrogens with zero attached hydrogens (tertiary/aromatic N) is 4. The molecule has 1 fully saturated rings. The molecule has 0 aliphatic carbocycles. The maximum Gasteiger partial charge on any atom is 0.270 e. The fourth-order valence-electron chi connectivity index (χ4n) is 4.14. The Labute approximate surface area is 189 Å². The Morgan fingerprint density at radius 1 is 1.00 bits per heavy atom. The van der Waals surface area contributed by atoms with E-state index in [1.165, 1.54) is 4.31 Å². The Morgan fingerprint density at radius 2 is 1.69 bits per heavy atom. The summed E-state index contributed by atoms with van der Waals surface area (Å²) in [6, 6.07) is 16.6. The zero-order chi connectivity index (χ0) is 22.7. The van der Waals surface area contributed by atoms with Crippen molar-refractivity contribution in [3.63, 3.8) is 0 Å². The molecule has 2 heterocycles. The molecule has 2 aromatic carbocycles. The van der Waals surface area contributed by atoms with Gasteiger partial charge < -0.3 is 9.80 Å². The third-order valence-corrected chi connectivity index (χ3v) is 7.86. The lowest BCUT2D eigenvalue weighted by molar-refractivity contribution is -0.114. The second-order valence-corrected chi connectivity index (χ2v) is 10.0. The topological polar surface area (TPSA) is 84.7 Å². The maximum absolute atomic E-state index is 13.1. The van der Waals surface area contributed by atoms with Crippen molar-refractivity contribution in [2.45, 2.75) is 24.7 Å². The molecule has 0 aromatic heterocycles. The van der Waals surface area contributed by atoms with Gasteiger partial charge in [0.1, 0.15) is 11.6 Å². The van der Waals surface area contributed by atoms with Gasteiger partial charge in [-0.2, -0.15) is 9.57 Å². The van der Waals surface area contributed by atoms with E-state index >= 15 is 0 Å². The predicted molar refractivity (Wildman–Crippen MR) is 122 cm³/mol. The molecule has 7 nitrogen and oxygen atoms in total. The number of fused-ring (bicyclic) bond motifs is 1. The lowest BCUT2D eigenvalue weighted by atomic mass is 10.0. The van der Waals surface area contributed by atoms with Gasteiger partial charge in [-0.3, -0.25) is 4.79 Å². The number of nitriles is 1. The number of carbonyl (C=O) groups is 1. The number of hydrogen-bond acceptors (Lipinski definition) is 5. The number of hydrogen-bond donors (Lipinski definition) is 0. The summed E-state index contributed by atoms with van der Waals surface area (Å²) in [6.07, 6.45) is 3.36. The van der Waals surface area contributed by atoms with Crippen molar-refractivity contribution in [1.82, 2.24) is 9.21 Å². The Kier molecular flexibility index (Phi) is 6.31. The molecule has 32 heavy (non-hydrogen) atoms. The van der Waals surface area contributed by atoms with Gasteiger partial charge in [0, 0.05) is 44.6 Å². The van der Waals surface area contributed by atoms with Crippen LogP contribution in [0.3, 0.4) is 0 Å². The number of benzene rings is 2. The first-order valence-corrected chi connectivity index (χ1v) is 12.2. The molecule has 0 N–H and O–H groups in total. The number of rotatable bonds is 4. The van der Waals surface area contributed by atoms with Crippen LogP contribution in [0.15, 0.2) is 65.2 Å². The molecule has 0 saturated carbocycles. The molecule has 0 radical (unpaired) electrons. The smallest absolute Gasteiger partial charge is 0.270 e. The molecular weight excluding hydrogens is 424 g/mol. The molecule has 0 bridgehead atoms. The van der Waals surface area contributed by atoms with E-state index in [-0.39, 0.29) is 16.4 Å². The fourth-order valence-corrected chi connectivity index (χ4v) is 5.56. The molecule has 0 unspecified atom stereocenters. The summed E-state index contributed by atoms with van der Waals surface area (Å²) in [5.41, 5.74) is 3.04. The van der Waals surface area contributed by atoms with Crippen molar-refractivity contribution in [2.75, 3.05) is 37.6 Å². The van der Waals surface area contributed by atoms with Crippen LogP contribution >= 0.6 is 0 Å². The normalized spacial score (nSPS) is 17.6. The van der Waals surface area contributed by atoms with Gasteiger partial charge in [0.25, 0.3) is 5.91 Å². The van der Waals surface area contributed by atoms with E-state index in [1.54, 1.807) is 35.4 Å². The van der Waals surface area contributed by atoms with Gasteiger partial charge in [-0.15, -0.1) is 0 Å². The van der Waals surface area contributed by atoms with Crippen molar-refractivity contribution >= 4 is 21.6 Å². The molecule has 0 atom stereocenters. The molecule has 2 aromatic rings. The summed E-state index contributed by atoms with van der Waals surface area (Å²) in [7, 11) is -3.56. The van der Waals surface area contributed by atoms with Gasteiger partial charge in [-0.1, -0.05) is 35.9 Å². The highest BCUT2D eigenvalue weighted by atomic mass is 32.2. The number of aryl methyl sites for hydroxylation is 2. The van der Waals surface area contributed by atoms with E-state index in [9.17, 15) is 18.5 Å². The van der Waals surface area contributed by atoms with Gasteiger partial charge in [0.2, 0.25) is 10.0 Å². The summed E-state index contributed by atoms with van der Waals surface area (Å²) >= 11 is 0. The number of anilines is 1. The lowest BCUT2D eigenvalue weighted by Gasteiger charge is -2.34. The number of sulfonamides is 1. The standard InChI is InChI=1S/C24H26N4O3S/c1-19-8-10-22(11-9-19)32(30,31)27-15-13-26(14-16-27)18-21(17-25)24(29)28-12-4-6-20-5-2-3-7-23(20)28/h2-3,5,7-11,18H,4,6,12-16H2,1H3/b21-18-. The van der Waals surface area contributed by atoms with Crippen LogP contribution in [0, 0.1) is 18.3 Å². The fraction of sp³-hybridized carbons (Fsp3) is 0.333. The molecule has 4 rings (SSSR count). The maximum atomic E-state index is 13.1. The van der Waals surface area contributed by atoms with Crippen LogP contribution in [0.2, 0.25) is 0 Å². The van der Waals surface area contributed by atoms with E-state index < -0.39 is 10.0 Å². The highest BCUT2D eigenvalue weighted by Gasteiger charge is 2.29. The Bertz CT molecular complexity index is 1170. The van der Waals surface area contributed by atoms with Crippen LogP contribution in [-0.4, -0.2) is 56.3 Å². The summed E-state index contributed by atoms with van der Waals surface area (Å²) < 4.78 is 27.2. The molecule has 1 amide bonds. The van der Waals surface area contributed by atoms with Gasteiger partial charge in [0.05, 0.1) is 4.90 Å². The zero-order valence-corrected chi connectivity index (χ0v) is 18.9. The average Bonchev–Trinajstić information content (AvgIpc) is 2.82. The second-order valence-electron chi connectivity index (χ2n) is 8.10. The quantitative estimate of drug-likeness (QED) is 0.528. The number of carbonyl (C=O) groups excluding carboxylic acids is 1. The van der Waals surface area contributed by atoms with Crippen LogP contribution in [0.5, 0.6) is 0 Å². The summed E-state index contributed by atoms with van der Waals surface area (Å²) in [4.78, 5) is 16.9. The molecule has 8 heteroatoms. The second kappa shape index (κ2) is 9.15. The van der Waals surface area contributed by atoms with Crippen LogP contribution < -0.4 is 4.90 Å². The van der Waals surface area contributed by atoms with Gasteiger partial charge in [-0.25, -0.2) is 8.42 Å². The minimum Gasteiger partial charge on any atom is -0.373 e. The summed E-state index contributed by atoms with van der Waals surface area (Å²) in [6.45, 7) is 3.92. The monoisotopic (exact) mass is 450 g/mol. The number of piperazine rings is 1. The van der Waals surface area contributed by atoms with E-state index in [2.05, 4.69) is 0 Å².